The summed E-state index contributed by atoms with van der Waals surface area (Å²) in [6.07, 6.45) is 0.562. The third-order valence-corrected chi connectivity index (χ3v) is 2.72. The van der Waals surface area contributed by atoms with Gasteiger partial charge < -0.3 is 16.2 Å². The Bertz CT molecular complexity index is 539. The van der Waals surface area contributed by atoms with Crippen LogP contribution >= 0.6 is 0 Å². The van der Waals surface area contributed by atoms with E-state index in [1.165, 1.54) is 6.07 Å². The highest BCUT2D eigenvalue weighted by atomic mass is 16.3. The molecule has 5 N–H and O–H groups in total. The number of rotatable bonds is 5. The average molecular weight is 260 g/mol. The Hall–Kier alpha value is -2.34. The molecule has 19 heavy (non-hydrogen) atoms. The Morgan fingerprint density at radius 1 is 1.42 bits per heavy atom. The molecule has 0 aliphatic heterocycles. The normalized spacial score (nSPS) is 12.1. The first-order valence-corrected chi connectivity index (χ1v) is 5.95. The largest absolute Gasteiger partial charge is 0.394 e. The lowest BCUT2D eigenvalue weighted by atomic mass is 10.1. The summed E-state index contributed by atoms with van der Waals surface area (Å²) in [6, 6.07) is 10.8. The van der Waals surface area contributed by atoms with Crippen LogP contribution in [0, 0.1) is 0 Å². The van der Waals surface area contributed by atoms with Crippen molar-refractivity contribution in [3.63, 3.8) is 0 Å². The summed E-state index contributed by atoms with van der Waals surface area (Å²) in [5.41, 5.74) is 6.76. The number of hydrogen-bond acceptors (Lipinski definition) is 4. The van der Waals surface area contributed by atoms with E-state index in [1.54, 1.807) is 0 Å². The van der Waals surface area contributed by atoms with Gasteiger partial charge in [0.05, 0.1) is 12.6 Å². The van der Waals surface area contributed by atoms with Crippen molar-refractivity contribution < 1.29 is 9.90 Å². The first kappa shape index (κ1) is 13.1. The smallest absolute Gasteiger partial charge is 0.269 e. The van der Waals surface area contributed by atoms with Gasteiger partial charge in [-0.15, -0.1) is 0 Å². The number of H-pyrrole nitrogens is 1. The van der Waals surface area contributed by atoms with Gasteiger partial charge in [0.25, 0.3) is 5.91 Å². The third-order valence-electron chi connectivity index (χ3n) is 2.72. The van der Waals surface area contributed by atoms with Crippen LogP contribution in [0.4, 0.5) is 5.82 Å². The van der Waals surface area contributed by atoms with Crippen LogP contribution in [0.1, 0.15) is 16.1 Å². The lowest BCUT2D eigenvalue weighted by Crippen LogP contribution is -2.39. The fraction of sp³-hybridized carbons (Fsp3) is 0.231. The number of hydrogen-bond donors (Lipinski definition) is 4. The number of carbonyl (C=O) groups is 1. The Labute approximate surface area is 110 Å². The predicted octanol–water partition coefficient (Wildman–Crippen LogP) is 0.325. The van der Waals surface area contributed by atoms with Gasteiger partial charge in [-0.05, 0) is 12.0 Å². The SMILES string of the molecule is Nc1cc(C(=O)NC(CO)Cc2ccccc2)[nH]n1. The molecule has 0 saturated heterocycles. The summed E-state index contributed by atoms with van der Waals surface area (Å²) in [4.78, 5) is 11.9. The van der Waals surface area contributed by atoms with E-state index < -0.39 is 0 Å². The van der Waals surface area contributed by atoms with Crippen molar-refractivity contribution >= 4 is 11.7 Å². The molecule has 1 unspecified atom stereocenters. The van der Waals surface area contributed by atoms with Crippen LogP contribution in [-0.2, 0) is 6.42 Å². The minimum Gasteiger partial charge on any atom is -0.394 e. The van der Waals surface area contributed by atoms with Gasteiger partial charge in [-0.25, -0.2) is 0 Å². The highest BCUT2D eigenvalue weighted by molar-refractivity contribution is 5.93. The maximum Gasteiger partial charge on any atom is 0.269 e. The van der Waals surface area contributed by atoms with Crippen molar-refractivity contribution in [1.29, 1.82) is 0 Å². The number of aliphatic hydroxyl groups excluding tert-OH is 1. The van der Waals surface area contributed by atoms with Gasteiger partial charge in [0.15, 0.2) is 0 Å². The van der Waals surface area contributed by atoms with Crippen LogP contribution in [0.5, 0.6) is 0 Å². The van der Waals surface area contributed by atoms with E-state index in [-0.39, 0.29) is 30.1 Å². The molecule has 6 heteroatoms. The molecular formula is C13H16N4O2. The molecule has 1 heterocycles. The summed E-state index contributed by atoms with van der Waals surface area (Å²) in [5.74, 6) is -0.0760. The van der Waals surface area contributed by atoms with E-state index in [4.69, 9.17) is 5.73 Å². The number of anilines is 1. The molecule has 1 amide bonds. The highest BCUT2D eigenvalue weighted by Gasteiger charge is 2.15. The van der Waals surface area contributed by atoms with Crippen LogP contribution in [0.3, 0.4) is 0 Å². The van der Waals surface area contributed by atoms with E-state index in [0.717, 1.165) is 5.56 Å². The van der Waals surface area contributed by atoms with Crippen LogP contribution < -0.4 is 11.1 Å². The number of nitrogens with one attached hydrogen (secondary N) is 2. The summed E-state index contributed by atoms with van der Waals surface area (Å²) in [5, 5.41) is 18.3. The van der Waals surface area contributed by atoms with Crippen LogP contribution in [0.25, 0.3) is 0 Å². The molecule has 0 fully saturated rings. The number of nitrogens with zero attached hydrogens (tertiary/aromatic N) is 1. The van der Waals surface area contributed by atoms with Crippen molar-refractivity contribution in [1.82, 2.24) is 15.5 Å². The van der Waals surface area contributed by atoms with Gasteiger partial charge in [0.2, 0.25) is 0 Å². The zero-order chi connectivity index (χ0) is 13.7. The number of aromatic amines is 1. The molecule has 1 aromatic carbocycles. The number of aromatic nitrogens is 2. The molecule has 0 aliphatic carbocycles. The Balaban J connectivity index is 1.97. The lowest BCUT2D eigenvalue weighted by Gasteiger charge is -2.15. The van der Waals surface area contributed by atoms with Crippen molar-refractivity contribution in [3.8, 4) is 0 Å². The van der Waals surface area contributed by atoms with Crippen molar-refractivity contribution in [2.24, 2.45) is 0 Å². The third kappa shape index (κ3) is 3.56. The predicted molar refractivity (Wildman–Crippen MR) is 71.5 cm³/mol. The van der Waals surface area contributed by atoms with Gasteiger partial charge in [-0.3, -0.25) is 9.89 Å². The monoisotopic (exact) mass is 260 g/mol. The fourth-order valence-electron chi connectivity index (χ4n) is 1.78. The Morgan fingerprint density at radius 2 is 2.16 bits per heavy atom. The summed E-state index contributed by atoms with van der Waals surface area (Å²) in [6.45, 7) is -0.135. The van der Waals surface area contributed by atoms with E-state index in [0.29, 0.717) is 6.42 Å². The molecule has 0 saturated carbocycles. The summed E-state index contributed by atoms with van der Waals surface area (Å²) in [7, 11) is 0. The van der Waals surface area contributed by atoms with Gasteiger partial charge in [-0.2, -0.15) is 5.10 Å². The zero-order valence-electron chi connectivity index (χ0n) is 10.3. The number of aliphatic hydroxyl groups is 1. The van der Waals surface area contributed by atoms with Gasteiger partial charge in [0, 0.05) is 6.07 Å². The van der Waals surface area contributed by atoms with Crippen LogP contribution in [0.15, 0.2) is 36.4 Å². The lowest BCUT2D eigenvalue weighted by molar-refractivity contribution is 0.0911. The van der Waals surface area contributed by atoms with Crippen LogP contribution in [-0.4, -0.2) is 33.9 Å². The van der Waals surface area contributed by atoms with Gasteiger partial charge in [-0.1, -0.05) is 30.3 Å². The first-order valence-electron chi connectivity index (χ1n) is 5.95. The standard InChI is InChI=1S/C13H16N4O2/c14-12-7-11(16-17-12)13(19)15-10(8-18)6-9-4-2-1-3-5-9/h1-5,7,10,18H,6,8H2,(H,15,19)(H3,14,16,17). The maximum atomic E-state index is 11.9. The van der Waals surface area contributed by atoms with Crippen molar-refractivity contribution in [2.75, 3.05) is 12.3 Å². The second-order valence-electron chi connectivity index (χ2n) is 4.25. The summed E-state index contributed by atoms with van der Waals surface area (Å²) < 4.78 is 0. The molecule has 2 aromatic rings. The van der Waals surface area contributed by atoms with Gasteiger partial charge >= 0.3 is 0 Å². The summed E-state index contributed by atoms with van der Waals surface area (Å²) >= 11 is 0. The number of amides is 1. The molecular weight excluding hydrogens is 244 g/mol. The van der Waals surface area contributed by atoms with Crippen molar-refractivity contribution in [2.45, 2.75) is 12.5 Å². The molecule has 0 radical (unpaired) electrons. The topological polar surface area (TPSA) is 104 Å². The molecule has 2 rings (SSSR count). The van der Waals surface area contributed by atoms with E-state index in [2.05, 4.69) is 15.5 Å². The minimum absolute atomic E-state index is 0.135. The molecule has 100 valence electrons. The number of nitrogen functional groups attached to an aromatic ring is 1. The minimum atomic E-state index is -0.348. The first-order chi connectivity index (χ1) is 9.19. The second-order valence-corrected chi connectivity index (χ2v) is 4.25. The quantitative estimate of drug-likeness (QED) is 0.621. The zero-order valence-corrected chi connectivity index (χ0v) is 10.3. The van der Waals surface area contributed by atoms with E-state index in [9.17, 15) is 9.90 Å². The maximum absolute atomic E-state index is 11.9. The average Bonchev–Trinajstić information content (AvgIpc) is 2.86. The number of benzene rings is 1. The van der Waals surface area contributed by atoms with E-state index in [1.807, 2.05) is 30.3 Å². The number of carbonyl (C=O) groups excluding carboxylic acids is 1. The van der Waals surface area contributed by atoms with Crippen LogP contribution in [0.2, 0.25) is 0 Å². The molecule has 0 bridgehead atoms. The van der Waals surface area contributed by atoms with Crippen molar-refractivity contribution in [3.05, 3.63) is 47.7 Å². The molecule has 0 spiro atoms. The molecule has 1 atom stereocenters. The highest BCUT2D eigenvalue weighted by Crippen LogP contribution is 2.05. The second kappa shape index (κ2) is 6.01. The van der Waals surface area contributed by atoms with Gasteiger partial charge in [0.1, 0.15) is 11.5 Å². The number of nitrogens with two attached hydrogens (primary N) is 1. The fourth-order valence-corrected chi connectivity index (χ4v) is 1.78. The molecule has 6 nitrogen and oxygen atoms in total. The van der Waals surface area contributed by atoms with E-state index >= 15 is 0 Å². The Morgan fingerprint density at radius 3 is 2.74 bits per heavy atom. The molecule has 0 aliphatic rings. The molecule has 1 aromatic heterocycles. The Kier molecular flexibility index (Phi) is 4.15.